The van der Waals surface area contributed by atoms with E-state index in [1.165, 1.54) is 23.3 Å². The minimum absolute atomic E-state index is 0.108. The normalized spacial score (nSPS) is 24.9. The SMILES string of the molecule is CC1CN(c2nc3sc4c(c3c(=O)n2C)CCCC4)CC(C)O1. The summed E-state index contributed by atoms with van der Waals surface area (Å²) in [5.74, 6) is 0.781. The van der Waals surface area contributed by atoms with E-state index in [0.29, 0.717) is 0 Å². The third-order valence-corrected chi connectivity index (χ3v) is 6.06. The third kappa shape index (κ3) is 2.48. The number of rotatable bonds is 1. The molecular formula is C17H23N3O2S. The summed E-state index contributed by atoms with van der Waals surface area (Å²) < 4.78 is 7.54. The van der Waals surface area contributed by atoms with Crippen LogP contribution in [0.25, 0.3) is 10.2 Å². The number of fused-ring (bicyclic) bond motifs is 3. The molecule has 2 aliphatic rings. The number of thiophene rings is 1. The lowest BCUT2D eigenvalue weighted by Gasteiger charge is -2.36. The van der Waals surface area contributed by atoms with Crippen molar-refractivity contribution < 1.29 is 4.74 Å². The second-order valence-electron chi connectivity index (χ2n) is 6.83. The molecule has 0 spiro atoms. The number of aromatic nitrogens is 2. The molecule has 0 aromatic carbocycles. The topological polar surface area (TPSA) is 47.4 Å². The van der Waals surface area contributed by atoms with Gasteiger partial charge in [0.2, 0.25) is 5.95 Å². The summed E-state index contributed by atoms with van der Waals surface area (Å²) >= 11 is 1.72. The highest BCUT2D eigenvalue weighted by molar-refractivity contribution is 7.18. The lowest BCUT2D eigenvalue weighted by molar-refractivity contribution is -0.00590. The summed E-state index contributed by atoms with van der Waals surface area (Å²) in [6.07, 6.45) is 4.84. The van der Waals surface area contributed by atoms with Gasteiger partial charge < -0.3 is 9.64 Å². The standard InChI is InChI=1S/C17H23N3O2S/c1-10-8-20(9-11(2)22-10)17-18-15-14(16(21)19(17)3)12-6-4-5-7-13(12)23-15/h10-11H,4-9H2,1-3H3. The monoisotopic (exact) mass is 333 g/mol. The number of ether oxygens (including phenoxy) is 1. The Balaban J connectivity index is 1.85. The van der Waals surface area contributed by atoms with Gasteiger partial charge in [0.05, 0.1) is 17.6 Å². The van der Waals surface area contributed by atoms with Gasteiger partial charge in [0.15, 0.2) is 0 Å². The van der Waals surface area contributed by atoms with Crippen LogP contribution in [-0.2, 0) is 24.6 Å². The Morgan fingerprint density at radius 3 is 2.61 bits per heavy atom. The van der Waals surface area contributed by atoms with Gasteiger partial charge in [0, 0.05) is 25.0 Å². The Kier molecular flexibility index (Phi) is 3.69. The van der Waals surface area contributed by atoms with Gasteiger partial charge in [-0.1, -0.05) is 0 Å². The van der Waals surface area contributed by atoms with Crippen LogP contribution in [0.3, 0.4) is 0 Å². The van der Waals surface area contributed by atoms with Gasteiger partial charge in [-0.2, -0.15) is 0 Å². The second-order valence-corrected chi connectivity index (χ2v) is 7.91. The third-order valence-electron chi connectivity index (χ3n) is 4.88. The van der Waals surface area contributed by atoms with Crippen LogP contribution in [0.4, 0.5) is 5.95 Å². The van der Waals surface area contributed by atoms with E-state index in [1.54, 1.807) is 15.9 Å². The van der Waals surface area contributed by atoms with E-state index in [9.17, 15) is 4.79 Å². The molecule has 5 nitrogen and oxygen atoms in total. The highest BCUT2D eigenvalue weighted by Gasteiger charge is 2.27. The first-order valence-corrected chi connectivity index (χ1v) is 9.28. The van der Waals surface area contributed by atoms with Crippen molar-refractivity contribution in [1.29, 1.82) is 0 Å². The highest BCUT2D eigenvalue weighted by Crippen LogP contribution is 2.34. The molecule has 2 aromatic heterocycles. The minimum atomic E-state index is 0.108. The summed E-state index contributed by atoms with van der Waals surface area (Å²) in [5.41, 5.74) is 1.37. The Bertz CT molecular complexity index is 800. The van der Waals surface area contributed by atoms with Gasteiger partial charge >= 0.3 is 0 Å². The van der Waals surface area contributed by atoms with Crippen LogP contribution < -0.4 is 10.5 Å². The first-order chi connectivity index (χ1) is 11.0. The van der Waals surface area contributed by atoms with E-state index in [4.69, 9.17) is 9.72 Å². The fraction of sp³-hybridized carbons (Fsp3) is 0.647. The number of hydrogen-bond acceptors (Lipinski definition) is 5. The molecule has 0 bridgehead atoms. The van der Waals surface area contributed by atoms with Crippen molar-refractivity contribution in [3.05, 3.63) is 20.8 Å². The summed E-state index contributed by atoms with van der Waals surface area (Å²) in [4.78, 5) is 22.3. The van der Waals surface area contributed by atoms with Crippen molar-refractivity contribution in [3.63, 3.8) is 0 Å². The van der Waals surface area contributed by atoms with Crippen molar-refractivity contribution in [2.45, 2.75) is 51.7 Å². The molecule has 0 radical (unpaired) electrons. The zero-order valence-electron chi connectivity index (χ0n) is 14.0. The van der Waals surface area contributed by atoms with Crippen molar-refractivity contribution in [3.8, 4) is 0 Å². The minimum Gasteiger partial charge on any atom is -0.372 e. The molecular weight excluding hydrogens is 310 g/mol. The average molecular weight is 333 g/mol. The van der Waals surface area contributed by atoms with Crippen LogP contribution >= 0.6 is 11.3 Å². The summed E-state index contributed by atoms with van der Waals surface area (Å²) in [6.45, 7) is 5.70. The Hall–Kier alpha value is -1.40. The molecule has 2 unspecified atom stereocenters. The lowest BCUT2D eigenvalue weighted by atomic mass is 9.97. The molecule has 1 fully saturated rings. The fourth-order valence-corrected chi connectivity index (χ4v) is 5.15. The van der Waals surface area contributed by atoms with E-state index in [-0.39, 0.29) is 17.8 Å². The van der Waals surface area contributed by atoms with E-state index in [1.807, 2.05) is 7.05 Å². The molecule has 6 heteroatoms. The number of hydrogen-bond donors (Lipinski definition) is 0. The van der Waals surface area contributed by atoms with Gasteiger partial charge in [0.1, 0.15) is 4.83 Å². The van der Waals surface area contributed by atoms with Crippen LogP contribution in [0.1, 0.15) is 37.1 Å². The molecule has 1 aliphatic carbocycles. The molecule has 23 heavy (non-hydrogen) atoms. The molecule has 2 atom stereocenters. The van der Waals surface area contributed by atoms with Gasteiger partial charge in [-0.25, -0.2) is 4.98 Å². The van der Waals surface area contributed by atoms with Crippen LogP contribution in [0.15, 0.2) is 4.79 Å². The Morgan fingerprint density at radius 2 is 1.87 bits per heavy atom. The van der Waals surface area contributed by atoms with Gasteiger partial charge in [-0.15, -0.1) is 11.3 Å². The van der Waals surface area contributed by atoms with E-state index >= 15 is 0 Å². The van der Waals surface area contributed by atoms with Crippen molar-refractivity contribution in [1.82, 2.24) is 9.55 Å². The highest BCUT2D eigenvalue weighted by atomic mass is 32.1. The zero-order chi connectivity index (χ0) is 16.1. The molecule has 3 heterocycles. The quantitative estimate of drug-likeness (QED) is 0.804. The molecule has 0 N–H and O–H groups in total. The maximum absolute atomic E-state index is 13.0. The van der Waals surface area contributed by atoms with E-state index in [2.05, 4.69) is 18.7 Å². The first kappa shape index (κ1) is 15.1. The van der Waals surface area contributed by atoms with Gasteiger partial charge in [-0.05, 0) is 45.1 Å². The van der Waals surface area contributed by atoms with Crippen LogP contribution in [0, 0.1) is 0 Å². The summed E-state index contributed by atoms with van der Waals surface area (Å²) in [6, 6.07) is 0. The van der Waals surface area contributed by atoms with Crippen LogP contribution in [-0.4, -0.2) is 34.8 Å². The number of aryl methyl sites for hydroxylation is 2. The van der Waals surface area contributed by atoms with Crippen molar-refractivity contribution >= 4 is 27.5 Å². The number of morpholine rings is 1. The predicted molar refractivity (Wildman–Crippen MR) is 93.7 cm³/mol. The summed E-state index contributed by atoms with van der Waals surface area (Å²) in [5, 5.41) is 0.866. The maximum atomic E-state index is 13.0. The second kappa shape index (κ2) is 5.60. The lowest BCUT2D eigenvalue weighted by Crippen LogP contribution is -2.47. The fourth-order valence-electron chi connectivity index (χ4n) is 3.90. The van der Waals surface area contributed by atoms with Gasteiger partial charge in [0.25, 0.3) is 5.56 Å². The Morgan fingerprint density at radius 1 is 1.17 bits per heavy atom. The largest absolute Gasteiger partial charge is 0.372 e. The number of anilines is 1. The average Bonchev–Trinajstić information content (AvgIpc) is 2.88. The molecule has 1 saturated heterocycles. The zero-order valence-corrected chi connectivity index (χ0v) is 14.8. The Labute approximate surface area is 139 Å². The van der Waals surface area contributed by atoms with Crippen molar-refractivity contribution in [2.24, 2.45) is 7.05 Å². The molecule has 124 valence electrons. The summed E-state index contributed by atoms with van der Waals surface area (Å²) in [7, 11) is 1.85. The van der Waals surface area contributed by atoms with Crippen LogP contribution in [0.2, 0.25) is 0 Å². The molecule has 1 aliphatic heterocycles. The predicted octanol–water partition coefficient (Wildman–Crippen LogP) is 2.49. The van der Waals surface area contributed by atoms with Gasteiger partial charge in [-0.3, -0.25) is 9.36 Å². The molecule has 2 aromatic rings. The van der Waals surface area contributed by atoms with Crippen molar-refractivity contribution in [2.75, 3.05) is 18.0 Å². The molecule has 0 amide bonds. The first-order valence-electron chi connectivity index (χ1n) is 8.46. The molecule has 4 rings (SSSR count). The smallest absolute Gasteiger partial charge is 0.263 e. The maximum Gasteiger partial charge on any atom is 0.263 e. The van der Waals surface area contributed by atoms with E-state index in [0.717, 1.165) is 42.1 Å². The molecule has 0 saturated carbocycles. The van der Waals surface area contributed by atoms with Crippen LogP contribution in [0.5, 0.6) is 0 Å². The number of nitrogens with zero attached hydrogens (tertiary/aromatic N) is 3. The van der Waals surface area contributed by atoms with E-state index < -0.39 is 0 Å².